The van der Waals surface area contributed by atoms with Gasteiger partial charge in [-0.25, -0.2) is 0 Å². The molecule has 1 aromatic carbocycles. The van der Waals surface area contributed by atoms with E-state index in [4.69, 9.17) is 25.5 Å². The molecule has 2 atom stereocenters. The Kier molecular flexibility index (Phi) is 5.09. The van der Waals surface area contributed by atoms with E-state index in [0.717, 1.165) is 12.8 Å². The van der Waals surface area contributed by atoms with Crippen LogP contribution in [0.2, 0.25) is 5.02 Å². The van der Waals surface area contributed by atoms with Crippen molar-refractivity contribution in [2.24, 2.45) is 5.92 Å². The van der Waals surface area contributed by atoms with Crippen LogP contribution in [0.25, 0.3) is 0 Å². The number of allylic oxidation sites excluding steroid dienone is 1. The van der Waals surface area contributed by atoms with E-state index in [1.54, 1.807) is 13.2 Å². The number of anilines is 2. The van der Waals surface area contributed by atoms with Crippen LogP contribution >= 0.6 is 11.6 Å². The fourth-order valence-corrected chi connectivity index (χ4v) is 4.67. The molecule has 2 N–H and O–H groups in total. The number of halogens is 1. The van der Waals surface area contributed by atoms with E-state index in [-0.39, 0.29) is 33.9 Å². The van der Waals surface area contributed by atoms with Crippen LogP contribution < -0.4 is 15.0 Å². The maximum absolute atomic E-state index is 12.9. The summed E-state index contributed by atoms with van der Waals surface area (Å²) in [6.07, 6.45) is 4.55. The third-order valence-corrected chi connectivity index (χ3v) is 6.65. The number of oxazole rings is 1. The summed E-state index contributed by atoms with van der Waals surface area (Å²) in [5, 5.41) is 13.4. The lowest BCUT2D eigenvalue weighted by molar-refractivity contribution is -0.0191. The van der Waals surface area contributed by atoms with Gasteiger partial charge in [-0.1, -0.05) is 30.2 Å². The molecule has 2 heterocycles. The lowest BCUT2D eigenvalue weighted by Gasteiger charge is -2.45. The molecule has 1 saturated carbocycles. The highest BCUT2D eigenvalue weighted by Crippen LogP contribution is 2.47. The number of phenols is 1. The Morgan fingerprint density at radius 3 is 2.84 bits per heavy atom. The van der Waals surface area contributed by atoms with E-state index in [1.165, 1.54) is 11.6 Å². The smallest absolute Gasteiger partial charge is 0.298 e. The van der Waals surface area contributed by atoms with Crippen molar-refractivity contribution >= 4 is 29.2 Å². The first-order chi connectivity index (χ1) is 15.3. The van der Waals surface area contributed by atoms with Crippen LogP contribution in [0.4, 0.5) is 11.7 Å². The summed E-state index contributed by atoms with van der Waals surface area (Å²) in [5.74, 6) is 0.748. The van der Waals surface area contributed by atoms with Crippen molar-refractivity contribution < 1.29 is 23.8 Å². The number of nitrogens with one attached hydrogen (secondary N) is 1. The number of fused-ring (bicyclic) bond motifs is 1. The molecule has 8 nitrogen and oxygen atoms in total. The molecule has 2 fully saturated rings. The number of aryl methyl sites for hydroxylation is 1. The average molecular weight is 460 g/mol. The minimum absolute atomic E-state index is 0.0194. The van der Waals surface area contributed by atoms with Crippen molar-refractivity contribution in [3.8, 4) is 11.5 Å². The number of aromatic nitrogens is 1. The Morgan fingerprint density at radius 2 is 2.22 bits per heavy atom. The number of ether oxygens (including phenoxy) is 2. The summed E-state index contributed by atoms with van der Waals surface area (Å²) in [7, 11) is 1.67. The fraction of sp³-hybridized carbons (Fsp3) is 0.478. The zero-order valence-electron chi connectivity index (χ0n) is 18.3. The highest BCUT2D eigenvalue weighted by atomic mass is 35.5. The minimum atomic E-state index is -0.432. The van der Waals surface area contributed by atoms with Gasteiger partial charge in [-0.15, -0.1) is 0 Å². The molecule has 1 saturated heterocycles. The van der Waals surface area contributed by atoms with Gasteiger partial charge in [-0.3, -0.25) is 4.79 Å². The molecular formula is C23H26ClN3O5. The van der Waals surface area contributed by atoms with Gasteiger partial charge in [-0.05, 0) is 19.4 Å². The van der Waals surface area contributed by atoms with Gasteiger partial charge in [0.25, 0.3) is 11.9 Å². The van der Waals surface area contributed by atoms with Gasteiger partial charge in [0, 0.05) is 37.6 Å². The maximum atomic E-state index is 12.9. The monoisotopic (exact) mass is 459 g/mol. The van der Waals surface area contributed by atoms with Crippen molar-refractivity contribution in [3.05, 3.63) is 40.3 Å². The second-order valence-electron chi connectivity index (χ2n) is 8.92. The summed E-state index contributed by atoms with van der Waals surface area (Å²) < 4.78 is 17.2. The van der Waals surface area contributed by atoms with E-state index in [1.807, 2.05) is 18.7 Å². The summed E-state index contributed by atoms with van der Waals surface area (Å²) >= 11 is 6.36. The standard InChI is InChI=1S/C23H26ClN3O5/c1-4-18-19(26-22(32-18)27-10-23(2,11-27)30-3)21(29)25-14-8-16(24)20(17(28)9-14)31-15-6-12-5-13(12)7-15/h5,8-9,12,15,28H,4,6-7,10-11H2,1-3H3,(H,25,29). The summed E-state index contributed by atoms with van der Waals surface area (Å²) in [5.41, 5.74) is 1.74. The number of nitrogens with zero attached hydrogens (tertiary/aromatic N) is 2. The van der Waals surface area contributed by atoms with Crippen molar-refractivity contribution in [3.63, 3.8) is 0 Å². The molecule has 0 bridgehead atoms. The number of carbonyl (C=O) groups excluding carboxylic acids is 1. The number of carbonyl (C=O) groups is 1. The maximum Gasteiger partial charge on any atom is 0.298 e. The number of methoxy groups -OCH3 is 1. The van der Waals surface area contributed by atoms with Gasteiger partial charge in [0.15, 0.2) is 17.2 Å². The number of hydrogen-bond acceptors (Lipinski definition) is 7. The molecule has 2 unspecified atom stereocenters. The first kappa shape index (κ1) is 21.2. The van der Waals surface area contributed by atoms with Crippen LogP contribution in [0.3, 0.4) is 0 Å². The Labute approximate surface area is 191 Å². The number of amides is 1. The van der Waals surface area contributed by atoms with E-state index >= 15 is 0 Å². The minimum Gasteiger partial charge on any atom is -0.504 e. The van der Waals surface area contributed by atoms with Crippen molar-refractivity contribution in [2.45, 2.75) is 44.8 Å². The second-order valence-corrected chi connectivity index (χ2v) is 9.33. The van der Waals surface area contributed by atoms with Crippen LogP contribution in [-0.2, 0) is 11.2 Å². The third kappa shape index (κ3) is 3.82. The zero-order chi connectivity index (χ0) is 22.6. The lowest BCUT2D eigenvalue weighted by Crippen LogP contribution is -2.61. The number of hydrogen-bond donors (Lipinski definition) is 2. The van der Waals surface area contributed by atoms with E-state index in [9.17, 15) is 9.90 Å². The zero-order valence-corrected chi connectivity index (χ0v) is 19.0. The second kappa shape index (κ2) is 7.71. The molecule has 1 aliphatic heterocycles. The van der Waals surface area contributed by atoms with E-state index in [2.05, 4.69) is 16.4 Å². The first-order valence-electron chi connectivity index (χ1n) is 10.8. The van der Waals surface area contributed by atoms with Crippen LogP contribution in [0.1, 0.15) is 42.9 Å². The van der Waals surface area contributed by atoms with Gasteiger partial charge in [0.05, 0.1) is 18.1 Å². The predicted molar refractivity (Wildman–Crippen MR) is 120 cm³/mol. The molecule has 3 aliphatic rings. The summed E-state index contributed by atoms with van der Waals surface area (Å²) in [6, 6.07) is 3.39. The predicted octanol–water partition coefficient (Wildman–Crippen LogP) is 4.17. The number of phenolic OH excluding ortho intramolecular Hbond substituents is 1. The molecule has 2 aromatic rings. The molecule has 0 radical (unpaired) electrons. The average Bonchev–Trinajstić information content (AvgIpc) is 3.15. The lowest BCUT2D eigenvalue weighted by atomic mass is 9.97. The highest BCUT2D eigenvalue weighted by Gasteiger charge is 2.42. The van der Waals surface area contributed by atoms with Crippen LogP contribution in [0, 0.1) is 5.92 Å². The van der Waals surface area contributed by atoms with Gasteiger partial charge in [0.2, 0.25) is 0 Å². The molecular weight excluding hydrogens is 434 g/mol. The van der Waals surface area contributed by atoms with Crippen molar-refractivity contribution in [1.29, 1.82) is 0 Å². The van der Waals surface area contributed by atoms with Crippen LogP contribution in [0.15, 0.2) is 28.2 Å². The molecule has 2 aliphatic carbocycles. The Morgan fingerprint density at radius 1 is 1.44 bits per heavy atom. The Hall–Kier alpha value is -2.71. The SMILES string of the molecule is CCc1oc(N2CC(C)(OC)C2)nc1C(=O)Nc1cc(O)c(OC2CC3=CC3C2)c(Cl)c1. The van der Waals surface area contributed by atoms with E-state index in [0.29, 0.717) is 42.9 Å². The number of aromatic hydroxyl groups is 1. The van der Waals surface area contributed by atoms with Crippen molar-refractivity contribution in [2.75, 3.05) is 30.4 Å². The van der Waals surface area contributed by atoms with Gasteiger partial charge >= 0.3 is 0 Å². The van der Waals surface area contributed by atoms with Gasteiger partial charge < -0.3 is 29.2 Å². The highest BCUT2D eigenvalue weighted by molar-refractivity contribution is 6.32. The Bertz CT molecular complexity index is 1080. The topological polar surface area (TPSA) is 97.1 Å². The quantitative estimate of drug-likeness (QED) is 0.599. The summed E-state index contributed by atoms with van der Waals surface area (Å²) in [4.78, 5) is 19.2. The molecule has 0 spiro atoms. The number of benzene rings is 1. The molecule has 1 aromatic heterocycles. The Balaban J connectivity index is 1.29. The fourth-order valence-electron chi connectivity index (χ4n) is 4.41. The van der Waals surface area contributed by atoms with Crippen molar-refractivity contribution in [1.82, 2.24) is 4.98 Å². The molecule has 170 valence electrons. The molecule has 32 heavy (non-hydrogen) atoms. The van der Waals surface area contributed by atoms with Crippen LogP contribution in [0.5, 0.6) is 11.5 Å². The van der Waals surface area contributed by atoms with Gasteiger partial charge in [-0.2, -0.15) is 4.98 Å². The third-order valence-electron chi connectivity index (χ3n) is 6.37. The molecule has 5 rings (SSSR count). The largest absolute Gasteiger partial charge is 0.504 e. The molecule has 1 amide bonds. The van der Waals surface area contributed by atoms with Crippen LogP contribution in [-0.4, -0.2) is 47.9 Å². The first-order valence-corrected chi connectivity index (χ1v) is 11.2. The molecule has 9 heteroatoms. The van der Waals surface area contributed by atoms with Gasteiger partial charge in [0.1, 0.15) is 17.5 Å². The normalized spacial score (nSPS) is 22.8. The number of rotatable bonds is 7. The summed E-state index contributed by atoms with van der Waals surface area (Å²) in [6.45, 7) is 5.18. The van der Waals surface area contributed by atoms with E-state index < -0.39 is 5.91 Å².